The second-order valence-electron chi connectivity index (χ2n) is 3.03. The van der Waals surface area contributed by atoms with E-state index in [0.29, 0.717) is 6.04 Å². The summed E-state index contributed by atoms with van der Waals surface area (Å²) in [6, 6.07) is 4.78. The molecule has 1 atom stereocenters. The van der Waals surface area contributed by atoms with Gasteiger partial charge in [-0.05, 0) is 19.1 Å². The molecule has 0 saturated carbocycles. The second-order valence-corrected chi connectivity index (χ2v) is 4.35. The lowest BCUT2D eigenvalue weighted by Crippen LogP contribution is -2.33. The van der Waals surface area contributed by atoms with Gasteiger partial charge in [0.05, 0.1) is 19.3 Å². The number of aryl methyl sites for hydroxylation is 1. The van der Waals surface area contributed by atoms with Crippen molar-refractivity contribution in [3.8, 4) is 0 Å². The number of ether oxygens (including phenoxy) is 1. The Hall–Kier alpha value is -0.0900. The minimum Gasteiger partial charge on any atom is -0.378 e. The van der Waals surface area contributed by atoms with Gasteiger partial charge in [0, 0.05) is 16.3 Å². The first-order valence-electron chi connectivity index (χ1n) is 4.24. The fraction of sp³-hybridized carbons (Fsp3) is 0.556. The number of nitrogens with one attached hydrogen (secondary N) is 1. The Morgan fingerprint density at radius 2 is 2.38 bits per heavy atom. The molecule has 0 unspecified atom stereocenters. The molecule has 2 rings (SSSR count). The summed E-state index contributed by atoms with van der Waals surface area (Å²) in [6.45, 7) is 4.78. The van der Waals surface area contributed by atoms with Crippen LogP contribution in [0.25, 0.3) is 0 Å². The molecule has 2 heterocycles. The molecule has 0 radical (unpaired) electrons. The minimum absolute atomic E-state index is 0. The van der Waals surface area contributed by atoms with Crippen LogP contribution in [-0.4, -0.2) is 19.8 Å². The van der Waals surface area contributed by atoms with Crippen molar-refractivity contribution in [2.24, 2.45) is 0 Å². The van der Waals surface area contributed by atoms with E-state index in [4.69, 9.17) is 4.74 Å². The maximum absolute atomic E-state index is 5.39. The molecule has 1 aliphatic rings. The van der Waals surface area contributed by atoms with Gasteiger partial charge in [-0.15, -0.1) is 23.7 Å². The number of morpholine rings is 1. The lowest BCUT2D eigenvalue weighted by Gasteiger charge is -2.22. The molecule has 0 amide bonds. The number of halogens is 1. The highest BCUT2D eigenvalue weighted by atomic mass is 35.5. The fourth-order valence-corrected chi connectivity index (χ4v) is 2.33. The lowest BCUT2D eigenvalue weighted by atomic mass is 10.2. The van der Waals surface area contributed by atoms with Crippen molar-refractivity contribution in [2.75, 3.05) is 19.8 Å². The molecule has 74 valence electrons. The van der Waals surface area contributed by atoms with Crippen LogP contribution >= 0.6 is 23.7 Å². The quantitative estimate of drug-likeness (QED) is 0.782. The third-order valence-corrected chi connectivity index (χ3v) is 3.14. The molecule has 0 aromatic carbocycles. The highest BCUT2D eigenvalue weighted by molar-refractivity contribution is 7.12. The van der Waals surface area contributed by atoms with E-state index in [1.54, 1.807) is 0 Å². The predicted octanol–water partition coefficient (Wildman–Crippen LogP) is 2.14. The van der Waals surface area contributed by atoms with Gasteiger partial charge in [0.1, 0.15) is 0 Å². The van der Waals surface area contributed by atoms with Crippen molar-refractivity contribution in [3.63, 3.8) is 0 Å². The first kappa shape index (κ1) is 11.0. The summed E-state index contributed by atoms with van der Waals surface area (Å²) >= 11 is 1.85. The Balaban J connectivity index is 0.000000845. The van der Waals surface area contributed by atoms with Crippen molar-refractivity contribution >= 4 is 23.7 Å². The Kier molecular flexibility index (Phi) is 4.19. The Morgan fingerprint density at radius 1 is 1.54 bits per heavy atom. The first-order chi connectivity index (χ1) is 5.86. The topological polar surface area (TPSA) is 21.3 Å². The second kappa shape index (κ2) is 4.96. The molecule has 1 fully saturated rings. The highest BCUT2D eigenvalue weighted by Crippen LogP contribution is 2.23. The summed E-state index contributed by atoms with van der Waals surface area (Å²) in [5.74, 6) is 0. The Bertz CT molecular complexity index is 258. The molecular weight excluding hydrogens is 206 g/mol. The molecule has 1 aromatic rings. The first-order valence-corrected chi connectivity index (χ1v) is 5.05. The van der Waals surface area contributed by atoms with E-state index in [-0.39, 0.29) is 12.4 Å². The van der Waals surface area contributed by atoms with Gasteiger partial charge in [0.2, 0.25) is 0 Å². The molecule has 1 aliphatic heterocycles. The summed E-state index contributed by atoms with van der Waals surface area (Å²) in [6.07, 6.45) is 0. The van der Waals surface area contributed by atoms with Crippen molar-refractivity contribution in [1.82, 2.24) is 5.32 Å². The van der Waals surface area contributed by atoms with Crippen molar-refractivity contribution in [2.45, 2.75) is 13.0 Å². The molecule has 1 saturated heterocycles. The van der Waals surface area contributed by atoms with Crippen LogP contribution in [0.15, 0.2) is 12.1 Å². The van der Waals surface area contributed by atoms with Crippen LogP contribution in [0.3, 0.4) is 0 Å². The van der Waals surface area contributed by atoms with Gasteiger partial charge in [-0.1, -0.05) is 0 Å². The molecule has 0 aliphatic carbocycles. The van der Waals surface area contributed by atoms with Crippen LogP contribution < -0.4 is 5.32 Å². The van der Waals surface area contributed by atoms with Crippen LogP contribution in [0.4, 0.5) is 0 Å². The van der Waals surface area contributed by atoms with Crippen LogP contribution in [0.1, 0.15) is 15.8 Å². The van der Waals surface area contributed by atoms with Gasteiger partial charge >= 0.3 is 0 Å². The van der Waals surface area contributed by atoms with Gasteiger partial charge in [0.15, 0.2) is 0 Å². The molecule has 1 aromatic heterocycles. The summed E-state index contributed by atoms with van der Waals surface area (Å²) < 4.78 is 5.39. The zero-order valence-corrected chi connectivity index (χ0v) is 9.21. The van der Waals surface area contributed by atoms with Crippen LogP contribution in [0.5, 0.6) is 0 Å². The highest BCUT2D eigenvalue weighted by Gasteiger charge is 2.15. The van der Waals surface area contributed by atoms with Crippen molar-refractivity contribution in [3.05, 3.63) is 21.9 Å². The molecule has 0 bridgehead atoms. The summed E-state index contributed by atoms with van der Waals surface area (Å²) in [4.78, 5) is 2.77. The number of hydrogen-bond donors (Lipinski definition) is 1. The molecule has 0 spiro atoms. The third kappa shape index (κ3) is 2.68. The maximum Gasteiger partial charge on any atom is 0.0670 e. The summed E-state index contributed by atoms with van der Waals surface area (Å²) in [5, 5.41) is 3.43. The van der Waals surface area contributed by atoms with E-state index in [1.165, 1.54) is 9.75 Å². The zero-order valence-electron chi connectivity index (χ0n) is 7.58. The summed E-state index contributed by atoms with van der Waals surface area (Å²) in [5.41, 5.74) is 0. The van der Waals surface area contributed by atoms with Crippen molar-refractivity contribution in [1.29, 1.82) is 0 Å². The van der Waals surface area contributed by atoms with Crippen LogP contribution in [0, 0.1) is 6.92 Å². The van der Waals surface area contributed by atoms with Gasteiger partial charge in [-0.25, -0.2) is 0 Å². The van der Waals surface area contributed by atoms with E-state index < -0.39 is 0 Å². The predicted molar refractivity (Wildman–Crippen MR) is 57.9 cm³/mol. The van der Waals surface area contributed by atoms with E-state index >= 15 is 0 Å². The molecule has 2 nitrogen and oxygen atoms in total. The lowest BCUT2D eigenvalue weighted by molar-refractivity contribution is 0.0779. The molecular formula is C9H14ClNOS. The van der Waals surface area contributed by atoms with E-state index in [9.17, 15) is 0 Å². The Morgan fingerprint density at radius 3 is 2.92 bits per heavy atom. The Labute approximate surface area is 88.7 Å². The average molecular weight is 220 g/mol. The molecule has 4 heteroatoms. The van der Waals surface area contributed by atoms with Gasteiger partial charge in [-0.3, -0.25) is 0 Å². The third-order valence-electron chi connectivity index (χ3n) is 2.03. The summed E-state index contributed by atoms with van der Waals surface area (Å²) in [7, 11) is 0. The standard InChI is InChI=1S/C9H13NOS.ClH/c1-7-2-3-9(12-7)8-6-11-5-4-10-8;/h2-3,8,10H,4-6H2,1H3;1H/t8-;/m0./s1. The van der Waals surface area contributed by atoms with Gasteiger partial charge in [0.25, 0.3) is 0 Å². The fourth-order valence-electron chi connectivity index (χ4n) is 1.39. The van der Waals surface area contributed by atoms with Crippen LogP contribution in [0.2, 0.25) is 0 Å². The minimum atomic E-state index is 0. The molecule has 13 heavy (non-hydrogen) atoms. The number of hydrogen-bond acceptors (Lipinski definition) is 3. The van der Waals surface area contributed by atoms with Crippen molar-refractivity contribution < 1.29 is 4.74 Å². The normalized spacial score (nSPS) is 22.4. The van der Waals surface area contributed by atoms with Gasteiger partial charge < -0.3 is 10.1 Å². The van der Waals surface area contributed by atoms with Crippen LogP contribution in [-0.2, 0) is 4.74 Å². The molecule has 1 N–H and O–H groups in total. The monoisotopic (exact) mass is 219 g/mol. The SMILES string of the molecule is Cc1ccc([C@@H]2COCCN2)s1.Cl. The number of thiophene rings is 1. The van der Waals surface area contributed by atoms with E-state index in [1.807, 2.05) is 11.3 Å². The average Bonchev–Trinajstić information content (AvgIpc) is 2.54. The smallest absolute Gasteiger partial charge is 0.0670 e. The van der Waals surface area contributed by atoms with E-state index in [0.717, 1.165) is 19.8 Å². The maximum atomic E-state index is 5.39. The van der Waals surface area contributed by atoms with E-state index in [2.05, 4.69) is 24.4 Å². The largest absolute Gasteiger partial charge is 0.378 e. The van der Waals surface area contributed by atoms with Gasteiger partial charge in [-0.2, -0.15) is 0 Å². The zero-order chi connectivity index (χ0) is 8.39. The number of rotatable bonds is 1.